The summed E-state index contributed by atoms with van der Waals surface area (Å²) in [5.74, 6) is 0.526. The number of aliphatic hydroxyl groups excluding tert-OH is 1. The van der Waals surface area contributed by atoms with E-state index < -0.39 is 6.10 Å². The summed E-state index contributed by atoms with van der Waals surface area (Å²) < 4.78 is 5.83. The van der Waals surface area contributed by atoms with Crippen LogP contribution in [0.2, 0.25) is 0 Å². The molecule has 3 heteroatoms. The highest BCUT2D eigenvalue weighted by Crippen LogP contribution is 2.38. The average Bonchev–Trinajstić information content (AvgIpc) is 2.92. The van der Waals surface area contributed by atoms with Crippen molar-refractivity contribution in [2.45, 2.75) is 19.4 Å². The number of carbonyl (C=O) groups excluding carboxylic acids is 1. The van der Waals surface area contributed by atoms with E-state index in [1.54, 1.807) is 13.0 Å². The third-order valence-electron chi connectivity index (χ3n) is 3.92. The Morgan fingerprint density at radius 2 is 1.46 bits per heavy atom. The third-order valence-corrected chi connectivity index (χ3v) is 3.92. The number of rotatable bonds is 6. The first-order chi connectivity index (χ1) is 11.7. The average molecular weight is 320 g/mol. The molecule has 1 N–H and O–H groups in total. The molecule has 24 heavy (non-hydrogen) atoms. The normalized spacial score (nSPS) is 15.4. The second kappa shape index (κ2) is 7.28. The van der Waals surface area contributed by atoms with Gasteiger partial charge in [0.25, 0.3) is 0 Å². The lowest BCUT2D eigenvalue weighted by Crippen LogP contribution is -2.06. The smallest absolute Gasteiger partial charge is 0.190 e. The van der Waals surface area contributed by atoms with Crippen molar-refractivity contribution in [1.82, 2.24) is 0 Å². The van der Waals surface area contributed by atoms with E-state index in [4.69, 9.17) is 4.74 Å². The molecule has 0 saturated carbocycles. The van der Waals surface area contributed by atoms with Gasteiger partial charge in [-0.3, -0.25) is 4.79 Å². The largest absolute Gasteiger partial charge is 0.493 e. The lowest BCUT2D eigenvalue weighted by Gasteiger charge is -2.14. The summed E-state index contributed by atoms with van der Waals surface area (Å²) in [4.78, 5) is 12.6. The van der Waals surface area contributed by atoms with Gasteiger partial charge in [-0.15, -0.1) is 0 Å². The molecule has 0 heterocycles. The van der Waals surface area contributed by atoms with Crippen molar-refractivity contribution >= 4 is 16.9 Å². The Morgan fingerprint density at radius 1 is 0.917 bits per heavy atom. The van der Waals surface area contributed by atoms with Crippen molar-refractivity contribution in [2.75, 3.05) is 6.61 Å². The molecule has 122 valence electrons. The maximum Gasteiger partial charge on any atom is 0.190 e. The molecule has 0 spiro atoms. The molecule has 0 saturated heterocycles. The van der Waals surface area contributed by atoms with Crippen LogP contribution in [-0.4, -0.2) is 23.6 Å². The SMILES string of the molecule is CC(O)CCOC1=CC(=O)C(c2ccccc2)=C1c1ccccc1. The first-order valence-electron chi connectivity index (χ1n) is 8.09. The molecule has 0 aliphatic heterocycles. The summed E-state index contributed by atoms with van der Waals surface area (Å²) in [6, 6.07) is 19.4. The predicted octanol–water partition coefficient (Wildman–Crippen LogP) is 3.85. The standard InChI is InChI=1S/C21H20O3/c1-15(22)12-13-24-19-14-18(23)20(16-8-4-2-5-9-16)21(19)17-10-6-3-7-11-17/h2-11,14-15,22H,12-13H2,1H3. The Labute approximate surface area is 141 Å². The number of benzene rings is 2. The van der Waals surface area contributed by atoms with Crippen molar-refractivity contribution in [2.24, 2.45) is 0 Å². The Hall–Kier alpha value is -2.65. The number of carbonyl (C=O) groups is 1. The minimum Gasteiger partial charge on any atom is -0.493 e. The Balaban J connectivity index is 2.02. The quantitative estimate of drug-likeness (QED) is 0.879. The van der Waals surface area contributed by atoms with Crippen LogP contribution in [0.3, 0.4) is 0 Å². The molecule has 1 atom stereocenters. The van der Waals surface area contributed by atoms with Crippen LogP contribution in [-0.2, 0) is 9.53 Å². The predicted molar refractivity (Wildman–Crippen MR) is 95.0 cm³/mol. The van der Waals surface area contributed by atoms with Crippen LogP contribution in [0.5, 0.6) is 0 Å². The van der Waals surface area contributed by atoms with Crippen molar-refractivity contribution < 1.29 is 14.6 Å². The highest BCUT2D eigenvalue weighted by molar-refractivity contribution is 6.37. The molecule has 3 nitrogen and oxygen atoms in total. The highest BCUT2D eigenvalue weighted by Gasteiger charge is 2.28. The van der Waals surface area contributed by atoms with Crippen LogP contribution >= 0.6 is 0 Å². The third kappa shape index (κ3) is 3.47. The molecular formula is C21H20O3. The maximum absolute atomic E-state index is 12.6. The zero-order valence-corrected chi connectivity index (χ0v) is 13.6. The molecule has 1 aliphatic rings. The molecular weight excluding hydrogens is 300 g/mol. The van der Waals surface area contributed by atoms with E-state index in [1.165, 1.54) is 0 Å². The van der Waals surface area contributed by atoms with Gasteiger partial charge in [0.2, 0.25) is 0 Å². The lowest BCUT2D eigenvalue weighted by atomic mass is 9.95. The van der Waals surface area contributed by atoms with Crippen LogP contribution in [0, 0.1) is 0 Å². The number of ketones is 1. The minimum absolute atomic E-state index is 0.0490. The fourth-order valence-corrected chi connectivity index (χ4v) is 2.75. The molecule has 1 aliphatic carbocycles. The van der Waals surface area contributed by atoms with Gasteiger partial charge in [0.1, 0.15) is 5.76 Å². The van der Waals surface area contributed by atoms with Gasteiger partial charge in [0.05, 0.1) is 12.7 Å². The van der Waals surface area contributed by atoms with E-state index in [1.807, 2.05) is 60.7 Å². The summed E-state index contributed by atoms with van der Waals surface area (Å²) >= 11 is 0. The maximum atomic E-state index is 12.6. The van der Waals surface area contributed by atoms with Crippen LogP contribution in [0.15, 0.2) is 72.5 Å². The van der Waals surface area contributed by atoms with E-state index >= 15 is 0 Å². The van der Waals surface area contributed by atoms with Crippen molar-refractivity contribution in [3.8, 4) is 0 Å². The van der Waals surface area contributed by atoms with Crippen LogP contribution in [0.1, 0.15) is 24.5 Å². The van der Waals surface area contributed by atoms with Gasteiger partial charge in [-0.05, 0) is 18.1 Å². The fraction of sp³-hybridized carbons (Fsp3) is 0.190. The Bertz CT molecular complexity index is 771. The summed E-state index contributed by atoms with van der Waals surface area (Å²) in [5, 5.41) is 9.41. The van der Waals surface area contributed by atoms with Gasteiger partial charge in [0, 0.05) is 23.6 Å². The van der Waals surface area contributed by atoms with E-state index in [0.29, 0.717) is 24.4 Å². The van der Waals surface area contributed by atoms with Gasteiger partial charge < -0.3 is 9.84 Å². The van der Waals surface area contributed by atoms with Crippen molar-refractivity contribution in [3.05, 3.63) is 83.6 Å². The van der Waals surface area contributed by atoms with Crippen LogP contribution in [0.4, 0.5) is 0 Å². The fourth-order valence-electron chi connectivity index (χ4n) is 2.75. The molecule has 0 bridgehead atoms. The second-order valence-electron chi connectivity index (χ2n) is 5.84. The molecule has 0 aromatic heterocycles. The summed E-state index contributed by atoms with van der Waals surface area (Å²) in [7, 11) is 0. The van der Waals surface area contributed by atoms with E-state index in [9.17, 15) is 9.90 Å². The number of allylic oxidation sites excluding steroid dienone is 3. The molecule has 0 amide bonds. The summed E-state index contributed by atoms with van der Waals surface area (Å²) in [5.41, 5.74) is 3.31. The zero-order valence-electron chi connectivity index (χ0n) is 13.6. The van der Waals surface area contributed by atoms with Crippen molar-refractivity contribution in [3.63, 3.8) is 0 Å². The van der Waals surface area contributed by atoms with Gasteiger partial charge in [-0.1, -0.05) is 60.7 Å². The van der Waals surface area contributed by atoms with E-state index in [-0.39, 0.29) is 5.78 Å². The van der Waals surface area contributed by atoms with E-state index in [2.05, 4.69) is 0 Å². The molecule has 2 aromatic rings. The lowest BCUT2D eigenvalue weighted by molar-refractivity contribution is -0.109. The number of hydrogen-bond acceptors (Lipinski definition) is 3. The summed E-state index contributed by atoms with van der Waals surface area (Å²) in [6.45, 7) is 2.09. The van der Waals surface area contributed by atoms with Crippen LogP contribution in [0.25, 0.3) is 11.1 Å². The van der Waals surface area contributed by atoms with Gasteiger partial charge >= 0.3 is 0 Å². The Kier molecular flexibility index (Phi) is 4.92. The first kappa shape index (κ1) is 16.2. The van der Waals surface area contributed by atoms with Crippen LogP contribution < -0.4 is 0 Å². The number of aliphatic hydroxyl groups is 1. The number of ether oxygens (including phenoxy) is 1. The van der Waals surface area contributed by atoms with Gasteiger partial charge in [-0.2, -0.15) is 0 Å². The molecule has 3 rings (SSSR count). The first-order valence-corrected chi connectivity index (χ1v) is 8.09. The molecule has 2 aromatic carbocycles. The van der Waals surface area contributed by atoms with E-state index in [0.717, 1.165) is 16.7 Å². The molecule has 0 fully saturated rings. The topological polar surface area (TPSA) is 46.5 Å². The highest BCUT2D eigenvalue weighted by atomic mass is 16.5. The second-order valence-corrected chi connectivity index (χ2v) is 5.84. The summed E-state index contributed by atoms with van der Waals surface area (Å²) in [6.07, 6.45) is 1.64. The minimum atomic E-state index is -0.430. The molecule has 1 unspecified atom stereocenters. The van der Waals surface area contributed by atoms with Gasteiger partial charge in [0.15, 0.2) is 5.78 Å². The molecule has 0 radical (unpaired) electrons. The monoisotopic (exact) mass is 320 g/mol. The zero-order chi connectivity index (χ0) is 16.9. The number of hydrogen-bond donors (Lipinski definition) is 1. The van der Waals surface area contributed by atoms with Crippen molar-refractivity contribution in [1.29, 1.82) is 0 Å². The van der Waals surface area contributed by atoms with Gasteiger partial charge in [-0.25, -0.2) is 0 Å². The Morgan fingerprint density at radius 3 is 2.00 bits per heavy atom.